The van der Waals surface area contributed by atoms with Crippen LogP contribution in [0.1, 0.15) is 62.3 Å². The van der Waals surface area contributed by atoms with Crippen LogP contribution in [0.15, 0.2) is 0 Å². The lowest BCUT2D eigenvalue weighted by atomic mass is 9.92. The molecule has 0 fully saturated rings. The first-order chi connectivity index (χ1) is 7.75. The van der Waals surface area contributed by atoms with Crippen molar-refractivity contribution in [3.05, 3.63) is 0 Å². The molecule has 0 aromatic heterocycles. The lowest BCUT2D eigenvalue weighted by molar-refractivity contribution is -0.146. The zero-order chi connectivity index (χ0) is 14.8. The first-order valence-electron chi connectivity index (χ1n) is 6.71. The van der Waals surface area contributed by atoms with Crippen LogP contribution < -0.4 is 0 Å². The molecule has 0 saturated carbocycles. The average Bonchev–Trinajstić information content (AvgIpc) is 2.05. The van der Waals surface area contributed by atoms with Crippen LogP contribution in [-0.2, 0) is 9.53 Å². The minimum absolute atomic E-state index is 0.158. The molecule has 0 atom stereocenters. The Labute approximate surface area is 113 Å². The highest BCUT2D eigenvalue weighted by Gasteiger charge is 2.33. The third-order valence-corrected chi connectivity index (χ3v) is 2.55. The molecule has 0 bridgehead atoms. The normalized spacial score (nSPS) is 13.6. The monoisotopic (exact) mass is 257 g/mol. The Balaban J connectivity index is 4.69. The molecular weight excluding hydrogens is 226 g/mol. The predicted molar refractivity (Wildman–Crippen MR) is 76.6 cm³/mol. The summed E-state index contributed by atoms with van der Waals surface area (Å²) in [5.74, 6) is 0.174. The van der Waals surface area contributed by atoms with Gasteiger partial charge in [-0.1, -0.05) is 20.8 Å². The van der Waals surface area contributed by atoms with E-state index in [4.69, 9.17) is 4.74 Å². The SMILES string of the molecule is CC(C)(C)OCCN(C(=O)C(C)(C)C)C(C)(C)C. The maximum atomic E-state index is 12.4. The van der Waals surface area contributed by atoms with Crippen molar-refractivity contribution in [2.45, 2.75) is 73.5 Å². The van der Waals surface area contributed by atoms with Gasteiger partial charge in [0.15, 0.2) is 0 Å². The van der Waals surface area contributed by atoms with Crippen LogP contribution in [0, 0.1) is 5.41 Å². The Hall–Kier alpha value is -0.570. The van der Waals surface area contributed by atoms with E-state index in [1.807, 2.05) is 46.4 Å². The van der Waals surface area contributed by atoms with Gasteiger partial charge in [-0.25, -0.2) is 0 Å². The van der Waals surface area contributed by atoms with E-state index in [-0.39, 0.29) is 22.5 Å². The van der Waals surface area contributed by atoms with Crippen molar-refractivity contribution < 1.29 is 9.53 Å². The molecule has 3 nitrogen and oxygen atoms in total. The topological polar surface area (TPSA) is 29.5 Å². The fourth-order valence-electron chi connectivity index (χ4n) is 1.59. The Morgan fingerprint density at radius 3 is 1.67 bits per heavy atom. The number of hydrogen-bond acceptors (Lipinski definition) is 2. The lowest BCUT2D eigenvalue weighted by Crippen LogP contribution is -2.51. The van der Waals surface area contributed by atoms with Gasteiger partial charge in [0.1, 0.15) is 0 Å². The zero-order valence-electron chi connectivity index (χ0n) is 13.7. The molecule has 108 valence electrons. The summed E-state index contributed by atoms with van der Waals surface area (Å²) in [6.07, 6.45) is 0. The molecule has 0 saturated heterocycles. The fourth-order valence-corrected chi connectivity index (χ4v) is 1.59. The number of carbonyl (C=O) groups is 1. The first-order valence-corrected chi connectivity index (χ1v) is 6.71. The number of nitrogens with zero attached hydrogens (tertiary/aromatic N) is 1. The van der Waals surface area contributed by atoms with Crippen LogP contribution in [0.2, 0.25) is 0 Å². The molecule has 0 N–H and O–H groups in total. The number of hydrogen-bond donors (Lipinski definition) is 0. The molecule has 1 amide bonds. The molecule has 0 aliphatic rings. The molecule has 0 spiro atoms. The van der Waals surface area contributed by atoms with Gasteiger partial charge in [0, 0.05) is 17.5 Å². The van der Waals surface area contributed by atoms with Gasteiger partial charge in [-0.2, -0.15) is 0 Å². The van der Waals surface area contributed by atoms with Crippen molar-refractivity contribution in [2.75, 3.05) is 13.2 Å². The van der Waals surface area contributed by atoms with E-state index in [0.29, 0.717) is 13.2 Å². The molecule has 3 heteroatoms. The molecule has 0 heterocycles. The summed E-state index contributed by atoms with van der Waals surface area (Å²) >= 11 is 0. The number of carbonyl (C=O) groups excluding carboxylic acids is 1. The predicted octanol–water partition coefficient (Wildman–Crippen LogP) is 3.47. The summed E-state index contributed by atoms with van der Waals surface area (Å²) in [7, 11) is 0. The van der Waals surface area contributed by atoms with Gasteiger partial charge in [-0.05, 0) is 41.5 Å². The summed E-state index contributed by atoms with van der Waals surface area (Å²) in [5, 5.41) is 0. The lowest BCUT2D eigenvalue weighted by Gasteiger charge is -2.40. The van der Waals surface area contributed by atoms with Crippen molar-refractivity contribution in [2.24, 2.45) is 5.41 Å². The highest BCUT2D eigenvalue weighted by atomic mass is 16.5. The Morgan fingerprint density at radius 2 is 1.39 bits per heavy atom. The van der Waals surface area contributed by atoms with Crippen molar-refractivity contribution in [3.63, 3.8) is 0 Å². The third-order valence-electron chi connectivity index (χ3n) is 2.55. The standard InChI is InChI=1S/C15H31NO2/c1-13(2,3)12(17)16(14(4,5)6)10-11-18-15(7,8)9/h10-11H2,1-9H3. The molecule has 0 rings (SSSR count). The maximum Gasteiger partial charge on any atom is 0.228 e. The Kier molecular flexibility index (Phi) is 5.42. The van der Waals surface area contributed by atoms with E-state index in [1.54, 1.807) is 0 Å². The molecule has 18 heavy (non-hydrogen) atoms. The largest absolute Gasteiger partial charge is 0.374 e. The van der Waals surface area contributed by atoms with E-state index >= 15 is 0 Å². The van der Waals surface area contributed by atoms with Gasteiger partial charge < -0.3 is 9.64 Å². The second kappa shape index (κ2) is 5.60. The van der Waals surface area contributed by atoms with Crippen LogP contribution in [-0.4, -0.2) is 35.1 Å². The second-order valence-electron chi connectivity index (χ2n) is 7.84. The molecule has 0 aromatic carbocycles. The molecule has 0 unspecified atom stereocenters. The summed E-state index contributed by atoms with van der Waals surface area (Å²) in [6, 6.07) is 0. The van der Waals surface area contributed by atoms with Crippen molar-refractivity contribution in [3.8, 4) is 0 Å². The summed E-state index contributed by atoms with van der Waals surface area (Å²) in [4.78, 5) is 14.4. The third kappa shape index (κ3) is 6.39. The molecule has 0 aliphatic carbocycles. The molecule has 0 aromatic rings. The molecular formula is C15H31NO2. The Morgan fingerprint density at radius 1 is 0.944 bits per heavy atom. The van der Waals surface area contributed by atoms with Gasteiger partial charge in [0.25, 0.3) is 0 Å². The smallest absolute Gasteiger partial charge is 0.228 e. The van der Waals surface area contributed by atoms with Gasteiger partial charge >= 0.3 is 0 Å². The van der Waals surface area contributed by atoms with Gasteiger partial charge in [-0.3, -0.25) is 4.79 Å². The van der Waals surface area contributed by atoms with Crippen LogP contribution >= 0.6 is 0 Å². The van der Waals surface area contributed by atoms with Crippen LogP contribution in [0.3, 0.4) is 0 Å². The summed E-state index contributed by atoms with van der Waals surface area (Å²) in [6.45, 7) is 19.4. The zero-order valence-corrected chi connectivity index (χ0v) is 13.7. The number of rotatable bonds is 3. The van der Waals surface area contributed by atoms with Crippen LogP contribution in [0.25, 0.3) is 0 Å². The van der Waals surface area contributed by atoms with Crippen molar-refractivity contribution in [1.82, 2.24) is 4.90 Å². The maximum absolute atomic E-state index is 12.4. The first kappa shape index (κ1) is 17.4. The highest BCUT2D eigenvalue weighted by molar-refractivity contribution is 5.82. The minimum atomic E-state index is -0.352. The van der Waals surface area contributed by atoms with Gasteiger partial charge in [0.2, 0.25) is 5.91 Å². The molecule has 0 radical (unpaired) electrons. The van der Waals surface area contributed by atoms with Crippen molar-refractivity contribution >= 4 is 5.91 Å². The summed E-state index contributed by atoms with van der Waals surface area (Å²) < 4.78 is 5.72. The van der Waals surface area contributed by atoms with E-state index in [9.17, 15) is 4.79 Å². The second-order valence-corrected chi connectivity index (χ2v) is 7.84. The van der Waals surface area contributed by atoms with Crippen LogP contribution in [0.4, 0.5) is 0 Å². The van der Waals surface area contributed by atoms with E-state index in [2.05, 4.69) is 20.8 Å². The molecule has 0 aliphatic heterocycles. The minimum Gasteiger partial charge on any atom is -0.374 e. The highest BCUT2D eigenvalue weighted by Crippen LogP contribution is 2.24. The average molecular weight is 257 g/mol. The van der Waals surface area contributed by atoms with E-state index in [1.165, 1.54) is 0 Å². The number of ether oxygens (including phenoxy) is 1. The van der Waals surface area contributed by atoms with Gasteiger partial charge in [-0.15, -0.1) is 0 Å². The summed E-state index contributed by atoms with van der Waals surface area (Å²) in [5.41, 5.74) is -0.686. The number of amides is 1. The van der Waals surface area contributed by atoms with E-state index in [0.717, 1.165) is 0 Å². The van der Waals surface area contributed by atoms with Crippen LogP contribution in [0.5, 0.6) is 0 Å². The van der Waals surface area contributed by atoms with Gasteiger partial charge in [0.05, 0.1) is 12.2 Å². The quantitative estimate of drug-likeness (QED) is 0.774. The fraction of sp³-hybridized carbons (Fsp3) is 0.933. The van der Waals surface area contributed by atoms with E-state index < -0.39 is 0 Å². The van der Waals surface area contributed by atoms with Crippen molar-refractivity contribution in [1.29, 1.82) is 0 Å². The Bertz CT molecular complexity index is 276.